The van der Waals surface area contributed by atoms with Crippen molar-refractivity contribution in [3.8, 4) is 0 Å². The average molecular weight is 515 g/mol. The first-order valence-electron chi connectivity index (χ1n) is 13.1. The minimum Gasteiger partial charge on any atom is -0.498 e. The molecule has 1 aliphatic rings. The second-order valence-electron chi connectivity index (χ2n) is 10.0. The molecule has 2 unspecified atom stereocenters. The lowest BCUT2D eigenvalue weighted by molar-refractivity contribution is -0.117. The maximum absolute atomic E-state index is 12.3. The third-order valence-corrected chi connectivity index (χ3v) is 6.24. The predicted molar refractivity (Wildman–Crippen MR) is 145 cm³/mol. The number of imidazole rings is 1. The van der Waals surface area contributed by atoms with E-state index in [0.717, 1.165) is 18.8 Å². The molecule has 1 aromatic rings. The number of ether oxygens (including phenoxy) is 2. The number of methoxy groups -OCH3 is 1. The van der Waals surface area contributed by atoms with E-state index in [0.29, 0.717) is 54.5 Å². The molecule has 9 nitrogen and oxygen atoms in total. The van der Waals surface area contributed by atoms with Crippen molar-refractivity contribution < 1.29 is 23.9 Å². The van der Waals surface area contributed by atoms with Crippen molar-refractivity contribution in [2.75, 3.05) is 19.0 Å². The molecule has 1 aliphatic carbocycles. The fraction of sp³-hybridized carbons (Fsp3) is 0.607. The van der Waals surface area contributed by atoms with Gasteiger partial charge in [0.1, 0.15) is 11.9 Å². The number of carbonyl (C=O) groups is 3. The zero-order valence-electron chi connectivity index (χ0n) is 23.1. The molecule has 1 N–H and O–H groups in total. The zero-order chi connectivity index (χ0) is 27.4. The Morgan fingerprint density at radius 2 is 1.97 bits per heavy atom. The number of nitrogens with zero attached hydrogens (tertiary/aromatic N) is 3. The van der Waals surface area contributed by atoms with Crippen LogP contribution >= 0.6 is 0 Å². The molecule has 1 aromatic heterocycles. The molecule has 0 radical (unpaired) electrons. The minimum atomic E-state index is -0.379. The molecule has 1 heterocycles. The fourth-order valence-electron chi connectivity index (χ4n) is 4.09. The van der Waals surface area contributed by atoms with Crippen LogP contribution in [0, 0.1) is 11.8 Å². The van der Waals surface area contributed by atoms with Crippen LogP contribution in [0.3, 0.4) is 0 Å². The molecule has 0 aromatic carbocycles. The Morgan fingerprint density at radius 3 is 2.59 bits per heavy atom. The summed E-state index contributed by atoms with van der Waals surface area (Å²) >= 11 is 0. The molecule has 0 bridgehead atoms. The van der Waals surface area contributed by atoms with Crippen molar-refractivity contribution >= 4 is 30.0 Å². The van der Waals surface area contributed by atoms with Gasteiger partial charge in [-0.2, -0.15) is 0 Å². The van der Waals surface area contributed by atoms with Gasteiger partial charge < -0.3 is 19.4 Å². The second kappa shape index (κ2) is 15.2. The zero-order valence-corrected chi connectivity index (χ0v) is 23.1. The van der Waals surface area contributed by atoms with E-state index >= 15 is 0 Å². The Hall–Kier alpha value is -3.07. The molecule has 2 atom stereocenters. The lowest BCUT2D eigenvalue weighted by Crippen LogP contribution is -2.24. The number of aldehydes is 1. The number of carbonyl (C=O) groups excluding carboxylic acids is 3. The van der Waals surface area contributed by atoms with Gasteiger partial charge in [0.25, 0.3) is 0 Å². The van der Waals surface area contributed by atoms with E-state index in [4.69, 9.17) is 14.5 Å². The van der Waals surface area contributed by atoms with Crippen molar-refractivity contribution in [3.05, 3.63) is 35.1 Å². The third-order valence-electron chi connectivity index (χ3n) is 6.24. The van der Waals surface area contributed by atoms with E-state index in [9.17, 15) is 14.4 Å². The fourth-order valence-corrected chi connectivity index (χ4v) is 4.09. The highest BCUT2D eigenvalue weighted by Gasteiger charge is 2.26. The van der Waals surface area contributed by atoms with Gasteiger partial charge in [-0.15, -0.1) is 0 Å². The van der Waals surface area contributed by atoms with Gasteiger partial charge in [-0.3, -0.25) is 19.4 Å². The lowest BCUT2D eigenvalue weighted by Gasteiger charge is -2.25. The summed E-state index contributed by atoms with van der Waals surface area (Å²) in [7, 11) is 3.24. The number of Topliss-reactive ketones (excluding diaryl/α,β-unsaturated/α-hetero) is 1. The van der Waals surface area contributed by atoms with Crippen LogP contribution in [-0.4, -0.2) is 53.6 Å². The lowest BCUT2D eigenvalue weighted by atomic mass is 9.96. The number of unbranched alkanes of at least 4 members (excludes halogenated alkanes) is 1. The standard InChI is InChI=1S/C28H42N4O5/c1-19(2)10-7-8-11-20(3)16-29-23-15-25(24(36-6)14-22(23)21(4)34)37-13-9-12-28(35)31-26-17-32(5)27(18-33)30-26/h14,16-20,25H,7-13,15H2,1-6H3,(H,31,35). The molecule has 37 heavy (non-hydrogen) atoms. The molecular weight excluding hydrogens is 472 g/mol. The van der Waals surface area contributed by atoms with Crippen LogP contribution in [0.5, 0.6) is 0 Å². The first kappa shape index (κ1) is 30.2. The van der Waals surface area contributed by atoms with Gasteiger partial charge in [-0.25, -0.2) is 4.98 Å². The number of hydrogen-bond acceptors (Lipinski definition) is 7. The summed E-state index contributed by atoms with van der Waals surface area (Å²) in [5.74, 6) is 1.92. The van der Waals surface area contributed by atoms with Crippen molar-refractivity contribution in [1.29, 1.82) is 0 Å². The molecule has 0 saturated heterocycles. The number of hydrogen-bond donors (Lipinski definition) is 1. The first-order chi connectivity index (χ1) is 17.6. The summed E-state index contributed by atoms with van der Waals surface area (Å²) in [6, 6.07) is 0. The van der Waals surface area contributed by atoms with Crippen LogP contribution in [0.15, 0.2) is 34.3 Å². The number of aryl methyl sites for hydroxylation is 1. The number of ketones is 1. The number of aliphatic imine (C=N–C) groups is 1. The second-order valence-corrected chi connectivity index (χ2v) is 10.0. The first-order valence-corrected chi connectivity index (χ1v) is 13.1. The van der Waals surface area contributed by atoms with E-state index in [1.54, 1.807) is 31.0 Å². The van der Waals surface area contributed by atoms with Gasteiger partial charge in [0.15, 0.2) is 23.7 Å². The third kappa shape index (κ3) is 10.1. The molecule has 0 spiro atoms. The molecular formula is C28H42N4O5. The Bertz CT molecular complexity index is 1020. The highest BCUT2D eigenvalue weighted by atomic mass is 16.5. The molecule has 0 fully saturated rings. The minimum absolute atomic E-state index is 0.0614. The quantitative estimate of drug-likeness (QED) is 0.188. The Balaban J connectivity index is 1.90. The maximum Gasteiger partial charge on any atom is 0.225 e. The van der Waals surface area contributed by atoms with Gasteiger partial charge in [0.2, 0.25) is 5.91 Å². The van der Waals surface area contributed by atoms with Crippen molar-refractivity contribution in [3.63, 3.8) is 0 Å². The number of rotatable bonds is 16. The van der Waals surface area contributed by atoms with E-state index in [-0.39, 0.29) is 30.0 Å². The maximum atomic E-state index is 12.3. The summed E-state index contributed by atoms with van der Waals surface area (Å²) in [6.07, 6.45) is 11.3. The van der Waals surface area contributed by atoms with E-state index in [2.05, 4.69) is 31.1 Å². The van der Waals surface area contributed by atoms with Gasteiger partial charge in [-0.05, 0) is 37.7 Å². The summed E-state index contributed by atoms with van der Waals surface area (Å²) in [6.45, 7) is 8.50. The van der Waals surface area contributed by atoms with Crippen molar-refractivity contribution in [2.45, 2.75) is 78.7 Å². The Kier molecular flexibility index (Phi) is 12.4. The summed E-state index contributed by atoms with van der Waals surface area (Å²) < 4.78 is 13.1. The largest absolute Gasteiger partial charge is 0.498 e. The summed E-state index contributed by atoms with van der Waals surface area (Å²) in [5, 5.41) is 2.69. The van der Waals surface area contributed by atoms with Crippen LogP contribution in [0.4, 0.5) is 5.82 Å². The molecule has 2 rings (SSSR count). The normalized spacial score (nSPS) is 16.7. The number of nitrogens with one attached hydrogen (secondary N) is 1. The SMILES string of the molecule is COC1=CC(C(C)=O)=C(N=CC(C)CCCCC(C)C)CC1OCCCC(=O)Nc1cn(C)c(C=O)n1. The number of amides is 1. The highest BCUT2D eigenvalue weighted by molar-refractivity contribution is 5.97. The number of allylic oxidation sites excluding steroid dienone is 2. The number of anilines is 1. The van der Waals surface area contributed by atoms with Crippen LogP contribution < -0.4 is 5.32 Å². The van der Waals surface area contributed by atoms with Crippen LogP contribution in [0.25, 0.3) is 0 Å². The van der Waals surface area contributed by atoms with E-state index < -0.39 is 0 Å². The van der Waals surface area contributed by atoms with Crippen LogP contribution in [0.2, 0.25) is 0 Å². The Morgan fingerprint density at radius 1 is 1.24 bits per heavy atom. The summed E-state index contributed by atoms with van der Waals surface area (Å²) in [4.78, 5) is 44.2. The Labute approximate surface area is 220 Å². The highest BCUT2D eigenvalue weighted by Crippen LogP contribution is 2.29. The predicted octanol–water partition coefficient (Wildman–Crippen LogP) is 5.04. The van der Waals surface area contributed by atoms with Crippen LogP contribution in [-0.2, 0) is 26.1 Å². The van der Waals surface area contributed by atoms with Crippen molar-refractivity contribution in [2.24, 2.45) is 23.9 Å². The molecule has 9 heteroatoms. The smallest absolute Gasteiger partial charge is 0.225 e. The van der Waals surface area contributed by atoms with Gasteiger partial charge in [-0.1, -0.05) is 40.0 Å². The molecule has 0 aliphatic heterocycles. The molecule has 0 saturated carbocycles. The summed E-state index contributed by atoms with van der Waals surface area (Å²) in [5.41, 5.74) is 1.25. The van der Waals surface area contributed by atoms with E-state index in [1.165, 1.54) is 19.8 Å². The molecule has 1 amide bonds. The average Bonchev–Trinajstić information content (AvgIpc) is 3.21. The number of aromatic nitrogens is 2. The van der Waals surface area contributed by atoms with Gasteiger partial charge in [0, 0.05) is 44.5 Å². The van der Waals surface area contributed by atoms with Gasteiger partial charge in [0.05, 0.1) is 12.8 Å². The molecule has 204 valence electrons. The van der Waals surface area contributed by atoms with Crippen LogP contribution in [0.1, 0.15) is 83.3 Å². The topological polar surface area (TPSA) is 112 Å². The monoisotopic (exact) mass is 514 g/mol. The van der Waals surface area contributed by atoms with E-state index in [1.807, 2.05) is 6.21 Å². The van der Waals surface area contributed by atoms with Gasteiger partial charge >= 0.3 is 0 Å². The van der Waals surface area contributed by atoms with Crippen molar-refractivity contribution in [1.82, 2.24) is 9.55 Å².